The first-order chi connectivity index (χ1) is 9.73. The van der Waals surface area contributed by atoms with Crippen molar-refractivity contribution in [3.63, 3.8) is 0 Å². The summed E-state index contributed by atoms with van der Waals surface area (Å²) in [6.07, 6.45) is 5.22. The summed E-state index contributed by atoms with van der Waals surface area (Å²) in [6.45, 7) is 7.15. The molecule has 1 saturated heterocycles. The smallest absolute Gasteiger partial charge is 0.0193 e. The van der Waals surface area contributed by atoms with Crippen molar-refractivity contribution in [1.82, 2.24) is 10.6 Å². The molecule has 0 spiro atoms. The topological polar surface area (TPSA) is 24.1 Å². The van der Waals surface area contributed by atoms with E-state index >= 15 is 0 Å². The lowest BCUT2D eigenvalue weighted by atomic mass is 9.78. The van der Waals surface area contributed by atoms with Gasteiger partial charge in [-0.15, -0.1) is 0 Å². The molecule has 0 amide bonds. The Morgan fingerprint density at radius 1 is 1.30 bits per heavy atom. The van der Waals surface area contributed by atoms with Gasteiger partial charge >= 0.3 is 0 Å². The van der Waals surface area contributed by atoms with Crippen LogP contribution in [0.3, 0.4) is 0 Å². The lowest BCUT2D eigenvalue weighted by molar-refractivity contribution is 0.180. The molecule has 2 aliphatic rings. The Bertz CT molecular complexity index is 424. The highest BCUT2D eigenvalue weighted by Gasteiger charge is 2.44. The van der Waals surface area contributed by atoms with Gasteiger partial charge in [0, 0.05) is 17.5 Å². The minimum absolute atomic E-state index is 0.293. The molecule has 0 bridgehead atoms. The van der Waals surface area contributed by atoms with E-state index < -0.39 is 0 Å². The summed E-state index contributed by atoms with van der Waals surface area (Å²) in [7, 11) is 0. The van der Waals surface area contributed by atoms with Crippen molar-refractivity contribution >= 4 is 0 Å². The van der Waals surface area contributed by atoms with Gasteiger partial charge in [0.1, 0.15) is 0 Å². The molecule has 1 saturated carbocycles. The largest absolute Gasteiger partial charge is 0.316 e. The second-order valence-corrected chi connectivity index (χ2v) is 6.82. The van der Waals surface area contributed by atoms with Crippen LogP contribution in [0.15, 0.2) is 30.3 Å². The summed E-state index contributed by atoms with van der Waals surface area (Å²) < 4.78 is 0. The fraction of sp³-hybridized carbons (Fsp3) is 0.667. The lowest BCUT2D eigenvalue weighted by Gasteiger charge is -2.41. The van der Waals surface area contributed by atoms with Gasteiger partial charge in [-0.25, -0.2) is 0 Å². The monoisotopic (exact) mass is 272 g/mol. The Hall–Kier alpha value is -0.860. The Kier molecular flexibility index (Phi) is 4.13. The second-order valence-electron chi connectivity index (χ2n) is 6.82. The van der Waals surface area contributed by atoms with Crippen LogP contribution in [0.1, 0.15) is 51.0 Å². The third-order valence-corrected chi connectivity index (χ3v) is 5.47. The number of piperidine rings is 1. The molecule has 2 fully saturated rings. The normalized spacial score (nSPS) is 32.6. The van der Waals surface area contributed by atoms with Gasteiger partial charge in [-0.3, -0.25) is 0 Å². The predicted molar refractivity (Wildman–Crippen MR) is 85.0 cm³/mol. The summed E-state index contributed by atoms with van der Waals surface area (Å²) in [5.74, 6) is 1.51. The highest BCUT2D eigenvalue weighted by Crippen LogP contribution is 2.43. The molecule has 2 nitrogen and oxygen atoms in total. The number of hydrogen-bond acceptors (Lipinski definition) is 2. The Morgan fingerprint density at radius 3 is 2.75 bits per heavy atom. The van der Waals surface area contributed by atoms with Crippen molar-refractivity contribution in [3.05, 3.63) is 35.9 Å². The van der Waals surface area contributed by atoms with E-state index in [0.717, 1.165) is 11.8 Å². The maximum Gasteiger partial charge on any atom is 0.0193 e. The molecule has 1 aromatic carbocycles. The minimum atomic E-state index is 0.293. The van der Waals surface area contributed by atoms with Gasteiger partial charge in [-0.1, -0.05) is 37.3 Å². The zero-order valence-electron chi connectivity index (χ0n) is 12.9. The molecule has 1 aliphatic carbocycles. The molecule has 1 aromatic rings. The summed E-state index contributed by atoms with van der Waals surface area (Å²) in [4.78, 5) is 0. The van der Waals surface area contributed by atoms with E-state index in [2.05, 4.69) is 54.8 Å². The van der Waals surface area contributed by atoms with E-state index in [9.17, 15) is 0 Å². The number of nitrogens with one attached hydrogen (secondary N) is 2. The number of rotatable bonds is 5. The van der Waals surface area contributed by atoms with Crippen molar-refractivity contribution in [2.75, 3.05) is 13.1 Å². The van der Waals surface area contributed by atoms with Crippen LogP contribution >= 0.6 is 0 Å². The molecular weight excluding hydrogens is 244 g/mol. The molecule has 1 aliphatic heterocycles. The van der Waals surface area contributed by atoms with Gasteiger partial charge in [-0.05, 0) is 57.2 Å². The van der Waals surface area contributed by atoms with E-state index in [1.54, 1.807) is 0 Å². The van der Waals surface area contributed by atoms with E-state index in [4.69, 9.17) is 0 Å². The molecule has 2 heteroatoms. The third kappa shape index (κ3) is 2.91. The van der Waals surface area contributed by atoms with Gasteiger partial charge in [-0.2, -0.15) is 0 Å². The van der Waals surface area contributed by atoms with Crippen LogP contribution in [0, 0.1) is 5.92 Å². The van der Waals surface area contributed by atoms with Crippen LogP contribution < -0.4 is 10.6 Å². The fourth-order valence-electron chi connectivity index (χ4n) is 3.75. The van der Waals surface area contributed by atoms with Crippen molar-refractivity contribution in [2.24, 2.45) is 5.92 Å². The van der Waals surface area contributed by atoms with Crippen LogP contribution in [-0.2, 0) is 0 Å². The molecule has 1 heterocycles. The minimum Gasteiger partial charge on any atom is -0.316 e. The predicted octanol–water partition coefficient (Wildman–Crippen LogP) is 3.30. The van der Waals surface area contributed by atoms with E-state index in [-0.39, 0.29) is 0 Å². The third-order valence-electron chi connectivity index (χ3n) is 5.47. The summed E-state index contributed by atoms with van der Waals surface area (Å²) >= 11 is 0. The summed E-state index contributed by atoms with van der Waals surface area (Å²) in [6, 6.07) is 11.7. The average molecular weight is 272 g/mol. The lowest BCUT2D eigenvalue weighted by Crippen LogP contribution is -2.54. The maximum atomic E-state index is 4.00. The summed E-state index contributed by atoms with van der Waals surface area (Å²) in [5, 5.41) is 7.57. The first kappa shape index (κ1) is 14.1. The molecule has 3 rings (SSSR count). The standard InChI is InChI=1S/C18H28N2/c1-3-18(2,15-10-7-11-19-13-15)20-17-12-16(17)14-8-5-4-6-9-14/h4-6,8-9,15-17,19-20H,3,7,10-13H2,1-2H3. The highest BCUT2D eigenvalue weighted by molar-refractivity contribution is 5.28. The van der Waals surface area contributed by atoms with Crippen LogP contribution in [0.25, 0.3) is 0 Å². The number of benzene rings is 1. The maximum absolute atomic E-state index is 4.00. The van der Waals surface area contributed by atoms with Crippen LogP contribution in [0.2, 0.25) is 0 Å². The van der Waals surface area contributed by atoms with Crippen molar-refractivity contribution in [2.45, 2.75) is 57.0 Å². The second kappa shape index (κ2) is 5.87. The zero-order chi connectivity index (χ0) is 14.0. The van der Waals surface area contributed by atoms with Crippen LogP contribution in [0.5, 0.6) is 0 Å². The molecule has 4 atom stereocenters. The molecule has 0 radical (unpaired) electrons. The van der Waals surface area contributed by atoms with Gasteiger partial charge < -0.3 is 10.6 Å². The molecule has 0 aromatic heterocycles. The Balaban J connectivity index is 1.61. The van der Waals surface area contributed by atoms with Crippen LogP contribution in [-0.4, -0.2) is 24.7 Å². The highest BCUT2D eigenvalue weighted by atomic mass is 15.1. The van der Waals surface area contributed by atoms with E-state index in [1.807, 2.05) is 0 Å². The Labute approximate surface area is 123 Å². The molecule has 2 N–H and O–H groups in total. The summed E-state index contributed by atoms with van der Waals surface area (Å²) in [5.41, 5.74) is 1.80. The van der Waals surface area contributed by atoms with Gasteiger partial charge in [0.15, 0.2) is 0 Å². The van der Waals surface area contributed by atoms with Crippen LogP contribution in [0.4, 0.5) is 0 Å². The molecule has 20 heavy (non-hydrogen) atoms. The molecular formula is C18H28N2. The first-order valence-electron chi connectivity index (χ1n) is 8.26. The zero-order valence-corrected chi connectivity index (χ0v) is 12.9. The Morgan fingerprint density at radius 2 is 2.10 bits per heavy atom. The fourth-order valence-corrected chi connectivity index (χ4v) is 3.75. The van der Waals surface area contributed by atoms with E-state index in [1.165, 1.54) is 44.3 Å². The van der Waals surface area contributed by atoms with Crippen molar-refractivity contribution in [1.29, 1.82) is 0 Å². The van der Waals surface area contributed by atoms with Gasteiger partial charge in [0.25, 0.3) is 0 Å². The average Bonchev–Trinajstić information content (AvgIpc) is 3.28. The molecule has 4 unspecified atom stereocenters. The van der Waals surface area contributed by atoms with Gasteiger partial charge in [0.05, 0.1) is 0 Å². The van der Waals surface area contributed by atoms with E-state index in [0.29, 0.717) is 11.6 Å². The first-order valence-corrected chi connectivity index (χ1v) is 8.26. The molecule has 110 valence electrons. The quantitative estimate of drug-likeness (QED) is 0.859. The van der Waals surface area contributed by atoms with Crippen molar-refractivity contribution in [3.8, 4) is 0 Å². The number of hydrogen-bond donors (Lipinski definition) is 2. The SMILES string of the molecule is CCC(C)(NC1CC1c1ccccc1)C1CCCNC1. The van der Waals surface area contributed by atoms with Crippen molar-refractivity contribution < 1.29 is 0 Å². The van der Waals surface area contributed by atoms with Gasteiger partial charge in [0.2, 0.25) is 0 Å².